The first kappa shape index (κ1) is 14.2. The first-order chi connectivity index (χ1) is 9.58. The maximum absolute atomic E-state index is 12.9. The van der Waals surface area contributed by atoms with E-state index in [1.54, 1.807) is 12.1 Å². The molecule has 5 nitrogen and oxygen atoms in total. The summed E-state index contributed by atoms with van der Waals surface area (Å²) in [6, 6.07) is 5.92. The van der Waals surface area contributed by atoms with Gasteiger partial charge in [-0.15, -0.1) is 0 Å². The van der Waals surface area contributed by atoms with E-state index in [2.05, 4.69) is 15.5 Å². The summed E-state index contributed by atoms with van der Waals surface area (Å²) in [7, 11) is 0. The summed E-state index contributed by atoms with van der Waals surface area (Å²) >= 11 is 0. The lowest BCUT2D eigenvalue weighted by Crippen LogP contribution is -2.29. The molecule has 2 aromatic rings. The number of H-pyrrole nitrogens is 1. The van der Waals surface area contributed by atoms with Crippen molar-refractivity contribution in [2.45, 2.75) is 19.4 Å². The number of amides is 1. The SMILES string of the molecule is CC(N)CCNC(=O)c1cn[nH]c1-c1ccc(F)cc1. The van der Waals surface area contributed by atoms with E-state index in [0.717, 1.165) is 0 Å². The lowest BCUT2D eigenvalue weighted by Gasteiger charge is -2.07. The van der Waals surface area contributed by atoms with E-state index in [0.29, 0.717) is 29.8 Å². The van der Waals surface area contributed by atoms with Crippen LogP contribution in [0, 0.1) is 5.82 Å². The molecule has 0 spiro atoms. The zero-order valence-electron chi connectivity index (χ0n) is 11.2. The molecule has 20 heavy (non-hydrogen) atoms. The quantitative estimate of drug-likeness (QED) is 0.777. The van der Waals surface area contributed by atoms with E-state index in [9.17, 15) is 9.18 Å². The van der Waals surface area contributed by atoms with Gasteiger partial charge >= 0.3 is 0 Å². The van der Waals surface area contributed by atoms with Gasteiger partial charge in [0.25, 0.3) is 5.91 Å². The monoisotopic (exact) mass is 276 g/mol. The lowest BCUT2D eigenvalue weighted by molar-refractivity contribution is 0.0953. The van der Waals surface area contributed by atoms with Gasteiger partial charge in [-0.2, -0.15) is 5.10 Å². The number of nitrogens with two attached hydrogens (primary N) is 1. The first-order valence-corrected chi connectivity index (χ1v) is 6.41. The highest BCUT2D eigenvalue weighted by Gasteiger charge is 2.14. The number of carbonyl (C=O) groups is 1. The summed E-state index contributed by atoms with van der Waals surface area (Å²) in [5.74, 6) is -0.546. The Labute approximate surface area is 116 Å². The molecule has 0 aliphatic heterocycles. The van der Waals surface area contributed by atoms with Crippen molar-refractivity contribution in [2.24, 2.45) is 5.73 Å². The van der Waals surface area contributed by atoms with E-state index in [1.807, 2.05) is 6.92 Å². The molecule has 0 radical (unpaired) electrons. The van der Waals surface area contributed by atoms with Crippen molar-refractivity contribution in [3.05, 3.63) is 41.8 Å². The van der Waals surface area contributed by atoms with Crippen LogP contribution in [0.5, 0.6) is 0 Å². The smallest absolute Gasteiger partial charge is 0.255 e. The van der Waals surface area contributed by atoms with Gasteiger partial charge in [0.2, 0.25) is 0 Å². The van der Waals surface area contributed by atoms with Crippen molar-refractivity contribution in [1.29, 1.82) is 0 Å². The van der Waals surface area contributed by atoms with E-state index in [-0.39, 0.29) is 17.8 Å². The molecule has 2 rings (SSSR count). The highest BCUT2D eigenvalue weighted by atomic mass is 19.1. The third-order valence-electron chi connectivity index (χ3n) is 2.90. The third-order valence-corrected chi connectivity index (χ3v) is 2.90. The third kappa shape index (κ3) is 3.42. The number of carbonyl (C=O) groups excluding carboxylic acids is 1. The Morgan fingerprint density at radius 3 is 2.80 bits per heavy atom. The van der Waals surface area contributed by atoms with Crippen molar-refractivity contribution >= 4 is 5.91 Å². The molecule has 106 valence electrons. The van der Waals surface area contributed by atoms with E-state index < -0.39 is 0 Å². The molecule has 1 unspecified atom stereocenters. The number of benzene rings is 1. The van der Waals surface area contributed by atoms with Crippen molar-refractivity contribution < 1.29 is 9.18 Å². The number of hydrogen-bond donors (Lipinski definition) is 3. The van der Waals surface area contributed by atoms with Gasteiger partial charge in [-0.1, -0.05) is 0 Å². The number of nitrogens with zero attached hydrogens (tertiary/aromatic N) is 1. The number of aromatic nitrogens is 2. The summed E-state index contributed by atoms with van der Waals surface area (Å²) in [6.07, 6.45) is 2.16. The molecular weight excluding hydrogens is 259 g/mol. The summed E-state index contributed by atoms with van der Waals surface area (Å²) in [6.45, 7) is 2.39. The maximum atomic E-state index is 12.9. The summed E-state index contributed by atoms with van der Waals surface area (Å²) in [4.78, 5) is 12.1. The molecule has 0 saturated heterocycles. The minimum Gasteiger partial charge on any atom is -0.352 e. The molecule has 1 aromatic carbocycles. The second-order valence-electron chi connectivity index (χ2n) is 4.69. The van der Waals surface area contributed by atoms with Gasteiger partial charge in [-0.3, -0.25) is 9.89 Å². The highest BCUT2D eigenvalue weighted by Crippen LogP contribution is 2.21. The van der Waals surface area contributed by atoms with Crippen LogP contribution in [0.1, 0.15) is 23.7 Å². The molecule has 4 N–H and O–H groups in total. The molecule has 0 saturated carbocycles. The fraction of sp³-hybridized carbons (Fsp3) is 0.286. The van der Waals surface area contributed by atoms with Gasteiger partial charge in [0.1, 0.15) is 5.82 Å². The first-order valence-electron chi connectivity index (χ1n) is 6.41. The van der Waals surface area contributed by atoms with Gasteiger partial charge < -0.3 is 11.1 Å². The molecule has 0 fully saturated rings. The van der Waals surface area contributed by atoms with Crippen LogP contribution in [-0.2, 0) is 0 Å². The van der Waals surface area contributed by atoms with Crippen LogP contribution >= 0.6 is 0 Å². The van der Waals surface area contributed by atoms with Gasteiger partial charge in [0.05, 0.1) is 17.5 Å². The van der Waals surface area contributed by atoms with E-state index >= 15 is 0 Å². The fourth-order valence-electron chi connectivity index (χ4n) is 1.80. The summed E-state index contributed by atoms with van der Waals surface area (Å²) in [5.41, 5.74) is 7.34. The molecule has 1 amide bonds. The lowest BCUT2D eigenvalue weighted by atomic mass is 10.1. The van der Waals surface area contributed by atoms with Gasteiger partial charge in [-0.05, 0) is 37.6 Å². The van der Waals surface area contributed by atoms with E-state index in [4.69, 9.17) is 5.73 Å². The molecule has 1 heterocycles. The van der Waals surface area contributed by atoms with Gasteiger partial charge in [0, 0.05) is 18.2 Å². The Kier molecular flexibility index (Phi) is 4.47. The number of halogens is 1. The average molecular weight is 276 g/mol. The summed E-state index contributed by atoms with van der Waals surface area (Å²) in [5, 5.41) is 9.43. The van der Waals surface area contributed by atoms with Crippen LogP contribution in [-0.4, -0.2) is 28.7 Å². The molecule has 1 atom stereocenters. The molecule has 1 aromatic heterocycles. The Balaban J connectivity index is 2.12. The topological polar surface area (TPSA) is 83.8 Å². The molecule has 0 aliphatic carbocycles. The maximum Gasteiger partial charge on any atom is 0.255 e. The van der Waals surface area contributed by atoms with Crippen molar-refractivity contribution in [3.8, 4) is 11.3 Å². The van der Waals surface area contributed by atoms with Crippen LogP contribution in [0.2, 0.25) is 0 Å². The average Bonchev–Trinajstić information content (AvgIpc) is 2.88. The predicted molar refractivity (Wildman–Crippen MR) is 74.6 cm³/mol. The van der Waals surface area contributed by atoms with Crippen LogP contribution in [0.25, 0.3) is 11.3 Å². The molecule has 6 heteroatoms. The Morgan fingerprint density at radius 1 is 1.45 bits per heavy atom. The van der Waals surface area contributed by atoms with Gasteiger partial charge in [0.15, 0.2) is 0 Å². The predicted octanol–water partition coefficient (Wildman–Crippen LogP) is 1.68. The minimum absolute atomic E-state index is 0.0382. The largest absolute Gasteiger partial charge is 0.352 e. The molecule has 0 bridgehead atoms. The number of hydrogen-bond acceptors (Lipinski definition) is 3. The zero-order chi connectivity index (χ0) is 14.5. The van der Waals surface area contributed by atoms with Crippen LogP contribution in [0.3, 0.4) is 0 Å². The molecule has 0 aliphatic rings. The molecular formula is C14H17FN4O. The second-order valence-corrected chi connectivity index (χ2v) is 4.69. The van der Waals surface area contributed by atoms with Crippen molar-refractivity contribution in [3.63, 3.8) is 0 Å². The zero-order valence-corrected chi connectivity index (χ0v) is 11.2. The van der Waals surface area contributed by atoms with Crippen molar-refractivity contribution in [1.82, 2.24) is 15.5 Å². The van der Waals surface area contributed by atoms with Crippen LogP contribution < -0.4 is 11.1 Å². The summed E-state index contributed by atoms with van der Waals surface area (Å²) < 4.78 is 12.9. The minimum atomic E-state index is -0.323. The Hall–Kier alpha value is -2.21. The van der Waals surface area contributed by atoms with Crippen molar-refractivity contribution in [2.75, 3.05) is 6.54 Å². The Morgan fingerprint density at radius 2 is 2.15 bits per heavy atom. The van der Waals surface area contributed by atoms with Gasteiger partial charge in [-0.25, -0.2) is 4.39 Å². The number of aromatic amines is 1. The standard InChI is InChI=1S/C14H17FN4O/c1-9(16)6-7-17-14(20)12-8-18-19-13(12)10-2-4-11(15)5-3-10/h2-5,8-9H,6-7,16H2,1H3,(H,17,20)(H,18,19). The fourth-order valence-corrected chi connectivity index (χ4v) is 1.80. The second kappa shape index (κ2) is 6.29. The van der Waals surface area contributed by atoms with Crippen LogP contribution in [0.15, 0.2) is 30.5 Å². The van der Waals surface area contributed by atoms with E-state index in [1.165, 1.54) is 18.3 Å². The van der Waals surface area contributed by atoms with Crippen LogP contribution in [0.4, 0.5) is 4.39 Å². The Bertz CT molecular complexity index is 577. The number of rotatable bonds is 5. The normalized spacial score (nSPS) is 12.2. The highest BCUT2D eigenvalue weighted by molar-refractivity contribution is 5.99. The number of nitrogens with one attached hydrogen (secondary N) is 2.